The summed E-state index contributed by atoms with van der Waals surface area (Å²) in [5, 5.41) is 10.6. The van der Waals surface area contributed by atoms with Gasteiger partial charge in [0.25, 0.3) is 0 Å². The van der Waals surface area contributed by atoms with Gasteiger partial charge >= 0.3 is 39.5 Å². The third kappa shape index (κ3) is 68.4. The van der Waals surface area contributed by atoms with Gasteiger partial charge in [0, 0.05) is 25.7 Å². The third-order valence-electron chi connectivity index (χ3n) is 17.1. The van der Waals surface area contributed by atoms with Crippen molar-refractivity contribution in [2.75, 3.05) is 39.6 Å². The average Bonchev–Trinajstić information content (AvgIpc) is 3.73. The monoisotopic (exact) mass is 1370 g/mol. The Morgan fingerprint density at radius 1 is 0.290 bits per heavy atom. The van der Waals surface area contributed by atoms with Crippen LogP contribution in [0, 0.1) is 17.8 Å². The first-order valence-corrected chi connectivity index (χ1v) is 41.3. The molecule has 0 aromatic rings. The number of carbonyl (C=O) groups is 4. The van der Waals surface area contributed by atoms with Crippen LogP contribution in [-0.2, 0) is 65.4 Å². The second-order valence-corrected chi connectivity index (χ2v) is 31.0. The van der Waals surface area contributed by atoms with E-state index in [0.29, 0.717) is 31.6 Å². The lowest BCUT2D eigenvalue weighted by Crippen LogP contribution is -2.30. The summed E-state index contributed by atoms with van der Waals surface area (Å²) < 4.78 is 68.3. The van der Waals surface area contributed by atoms with Gasteiger partial charge in [-0.05, 0) is 43.4 Å². The summed E-state index contributed by atoms with van der Waals surface area (Å²) in [5.41, 5.74) is 0. The largest absolute Gasteiger partial charge is 0.472 e. The van der Waals surface area contributed by atoms with Crippen molar-refractivity contribution in [2.24, 2.45) is 17.8 Å². The van der Waals surface area contributed by atoms with Gasteiger partial charge in [-0.3, -0.25) is 37.3 Å². The molecule has 552 valence electrons. The SMILES string of the molecule is CCCCCCCCCCC(=O)OC[C@H](COP(=O)(O)OC[C@H](O)COP(=O)(O)OC[C@@H](COC(=O)CCCCCCCCCCCCCCCCC(C)C)OC(=O)CCCCCCCCCCCCCCCCCCC(C)C)OC(=O)CCCCCCCCC(C)C. The first-order valence-electron chi connectivity index (χ1n) is 38.3. The maximum absolute atomic E-state index is 13.1. The van der Waals surface area contributed by atoms with E-state index in [1.807, 2.05) is 0 Å². The molecule has 93 heavy (non-hydrogen) atoms. The molecule has 0 aromatic heterocycles. The first-order chi connectivity index (χ1) is 44.7. The Hall–Kier alpha value is -1.94. The molecule has 0 spiro atoms. The molecule has 2 unspecified atom stereocenters. The lowest BCUT2D eigenvalue weighted by Gasteiger charge is -2.21. The molecule has 0 rings (SSSR count). The van der Waals surface area contributed by atoms with Crippen LogP contribution < -0.4 is 0 Å². The highest BCUT2D eigenvalue weighted by Crippen LogP contribution is 2.45. The lowest BCUT2D eigenvalue weighted by atomic mass is 10.0. The van der Waals surface area contributed by atoms with Gasteiger partial charge in [0.2, 0.25) is 0 Å². The van der Waals surface area contributed by atoms with E-state index in [4.69, 9.17) is 37.0 Å². The second-order valence-electron chi connectivity index (χ2n) is 28.1. The number of carbonyl (C=O) groups excluding carboxylic acids is 4. The maximum Gasteiger partial charge on any atom is 0.472 e. The smallest absolute Gasteiger partial charge is 0.462 e. The molecule has 19 heteroatoms. The Balaban J connectivity index is 5.18. The molecule has 0 saturated carbocycles. The van der Waals surface area contributed by atoms with Crippen molar-refractivity contribution in [3.8, 4) is 0 Å². The van der Waals surface area contributed by atoms with Crippen LogP contribution in [0.25, 0.3) is 0 Å². The summed E-state index contributed by atoms with van der Waals surface area (Å²) in [4.78, 5) is 72.5. The molecule has 0 bridgehead atoms. The molecule has 0 saturated heterocycles. The van der Waals surface area contributed by atoms with Gasteiger partial charge in [-0.1, -0.05) is 325 Å². The molecule has 0 amide bonds. The number of esters is 4. The van der Waals surface area contributed by atoms with E-state index in [1.165, 1.54) is 180 Å². The summed E-state index contributed by atoms with van der Waals surface area (Å²) in [6.07, 6.45) is 50.3. The van der Waals surface area contributed by atoms with E-state index < -0.39 is 97.5 Å². The molecule has 0 radical (unpaired) electrons. The number of hydrogen-bond donors (Lipinski definition) is 3. The lowest BCUT2D eigenvalue weighted by molar-refractivity contribution is -0.161. The van der Waals surface area contributed by atoms with Crippen molar-refractivity contribution < 1.29 is 80.2 Å². The fourth-order valence-electron chi connectivity index (χ4n) is 11.2. The minimum Gasteiger partial charge on any atom is -0.462 e. The van der Waals surface area contributed by atoms with Crippen LogP contribution in [0.4, 0.5) is 0 Å². The van der Waals surface area contributed by atoms with Gasteiger partial charge in [-0.25, -0.2) is 9.13 Å². The zero-order valence-corrected chi connectivity index (χ0v) is 62.5. The summed E-state index contributed by atoms with van der Waals surface area (Å²) in [5.74, 6) is 0.150. The Bertz CT molecular complexity index is 1820. The minimum atomic E-state index is -4.96. The average molecular weight is 1370 g/mol. The van der Waals surface area contributed by atoms with Gasteiger partial charge in [-0.15, -0.1) is 0 Å². The number of ether oxygens (including phenoxy) is 4. The molecule has 0 aliphatic rings. The number of phosphoric ester groups is 2. The van der Waals surface area contributed by atoms with Crippen molar-refractivity contribution in [1.82, 2.24) is 0 Å². The van der Waals surface area contributed by atoms with Gasteiger partial charge < -0.3 is 33.8 Å². The molecule has 0 heterocycles. The van der Waals surface area contributed by atoms with Crippen LogP contribution >= 0.6 is 15.6 Å². The zero-order valence-electron chi connectivity index (χ0n) is 60.7. The molecule has 5 atom stereocenters. The fourth-order valence-corrected chi connectivity index (χ4v) is 12.8. The van der Waals surface area contributed by atoms with Crippen LogP contribution in [-0.4, -0.2) is 96.7 Å². The van der Waals surface area contributed by atoms with Crippen LogP contribution in [0.2, 0.25) is 0 Å². The predicted octanol–water partition coefficient (Wildman–Crippen LogP) is 21.4. The molecular weight excluding hydrogens is 1220 g/mol. The van der Waals surface area contributed by atoms with Crippen LogP contribution in [0.1, 0.15) is 376 Å². The van der Waals surface area contributed by atoms with E-state index in [1.54, 1.807) is 0 Å². The minimum absolute atomic E-state index is 0.102. The normalized spacial score (nSPS) is 14.1. The third-order valence-corrected chi connectivity index (χ3v) is 19.0. The Labute approximate surface area is 568 Å². The summed E-state index contributed by atoms with van der Waals surface area (Å²) >= 11 is 0. The van der Waals surface area contributed by atoms with Gasteiger partial charge in [-0.2, -0.15) is 0 Å². The van der Waals surface area contributed by atoms with Crippen molar-refractivity contribution >= 4 is 39.5 Å². The molecule has 17 nitrogen and oxygen atoms in total. The van der Waals surface area contributed by atoms with Gasteiger partial charge in [0.15, 0.2) is 12.2 Å². The van der Waals surface area contributed by atoms with Crippen LogP contribution in [0.3, 0.4) is 0 Å². The van der Waals surface area contributed by atoms with Crippen molar-refractivity contribution in [3.63, 3.8) is 0 Å². The van der Waals surface area contributed by atoms with E-state index in [0.717, 1.165) is 108 Å². The maximum atomic E-state index is 13.1. The molecule has 3 N–H and O–H groups in total. The van der Waals surface area contributed by atoms with Gasteiger partial charge in [0.05, 0.1) is 26.4 Å². The zero-order chi connectivity index (χ0) is 68.7. The Morgan fingerprint density at radius 3 is 0.731 bits per heavy atom. The van der Waals surface area contributed by atoms with Crippen molar-refractivity contribution in [2.45, 2.75) is 394 Å². The molecule has 0 aliphatic carbocycles. The predicted molar refractivity (Wildman–Crippen MR) is 377 cm³/mol. The Morgan fingerprint density at radius 2 is 0.495 bits per heavy atom. The van der Waals surface area contributed by atoms with E-state index in [2.05, 4.69) is 48.5 Å². The van der Waals surface area contributed by atoms with E-state index in [9.17, 15) is 43.2 Å². The highest BCUT2D eigenvalue weighted by atomic mass is 31.2. The van der Waals surface area contributed by atoms with Crippen LogP contribution in [0.5, 0.6) is 0 Å². The standard InChI is InChI=1S/C74H144O17P2/c1-8-9-10-11-12-33-41-48-55-71(76)84-62-70(91-74(79)58-51-44-37-36-40-47-54-67(6)7)64-89-93(82,83)87-60-68(75)59-86-92(80,81)88-63-69(61-85-72(77)56-49-42-34-29-25-21-18-17-20-24-28-32-39-46-53-66(4)5)90-73(78)57-50-43-35-30-26-22-16-14-13-15-19-23-27-31-38-45-52-65(2)3/h65-70,75H,8-64H2,1-7H3,(H,80,81)(H,82,83)/t68-,69-,70-/m1/s1. The number of phosphoric acid groups is 2. The number of unbranched alkanes of at least 4 members (excludes halogenated alkanes) is 40. The molecule has 0 aliphatic heterocycles. The van der Waals surface area contributed by atoms with Crippen molar-refractivity contribution in [1.29, 1.82) is 0 Å². The molecule has 0 aromatic carbocycles. The topological polar surface area (TPSA) is 237 Å². The number of aliphatic hydroxyl groups excluding tert-OH is 1. The first kappa shape index (κ1) is 91.1. The van der Waals surface area contributed by atoms with Gasteiger partial charge in [0.1, 0.15) is 19.3 Å². The Kier molecular flexibility index (Phi) is 63.4. The number of aliphatic hydroxyl groups is 1. The summed E-state index contributed by atoms with van der Waals surface area (Å²) in [7, 11) is -9.90. The molecular formula is C74H144O17P2. The van der Waals surface area contributed by atoms with Crippen molar-refractivity contribution in [3.05, 3.63) is 0 Å². The second kappa shape index (κ2) is 64.7. The fraction of sp³-hybridized carbons (Fsp3) is 0.946. The van der Waals surface area contributed by atoms with Crippen LogP contribution in [0.15, 0.2) is 0 Å². The quantitative estimate of drug-likeness (QED) is 0.0222. The molecule has 0 fully saturated rings. The summed E-state index contributed by atoms with van der Waals surface area (Å²) in [6.45, 7) is 11.8. The van der Waals surface area contributed by atoms with E-state index >= 15 is 0 Å². The summed E-state index contributed by atoms with van der Waals surface area (Å²) in [6, 6.07) is 0. The van der Waals surface area contributed by atoms with E-state index in [-0.39, 0.29) is 25.7 Å². The number of rotatable bonds is 72. The number of hydrogen-bond acceptors (Lipinski definition) is 15. The highest BCUT2D eigenvalue weighted by Gasteiger charge is 2.30. The highest BCUT2D eigenvalue weighted by molar-refractivity contribution is 7.47.